The third-order valence-corrected chi connectivity index (χ3v) is 6.69. The molecular weight excluding hydrogens is 531 g/mol. The van der Waals surface area contributed by atoms with Gasteiger partial charge in [-0.25, -0.2) is 19.9 Å². The van der Waals surface area contributed by atoms with Gasteiger partial charge in [0.05, 0.1) is 18.0 Å². The van der Waals surface area contributed by atoms with Crippen molar-refractivity contribution in [2.75, 3.05) is 12.3 Å². The van der Waals surface area contributed by atoms with Crippen LogP contribution in [0.25, 0.3) is 11.0 Å². The molecule has 2 aromatic rings. The largest absolute Gasteiger partial charge is 0.464 e. The molecule has 0 spiro atoms. The number of fused-ring (bicyclic) bond motifs is 2. The van der Waals surface area contributed by atoms with Crippen LogP contribution in [-0.4, -0.2) is 63.0 Å². The first-order valence-electron chi connectivity index (χ1n) is 8.75. The Hall–Kier alpha value is -2.01. The molecule has 2 aromatic heterocycles. The van der Waals surface area contributed by atoms with Crippen molar-refractivity contribution < 1.29 is 27.8 Å². The van der Waals surface area contributed by atoms with Crippen LogP contribution in [0.4, 0.5) is 10.6 Å². The number of nitrogens with zero attached hydrogens (tertiary/aromatic N) is 4. The molecule has 0 unspecified atom stereocenters. The molecule has 30 heavy (non-hydrogen) atoms. The minimum atomic E-state index is -4.48. The molecule has 0 saturated carbocycles. The number of nitrogen functional groups attached to an aromatic ring is 1. The monoisotopic (exact) mass is 550 g/mol. The normalized spacial score (nSPS) is 25.3. The molecule has 2 aliphatic rings. The summed E-state index contributed by atoms with van der Waals surface area (Å²) in [6.45, 7) is 2.98. The first-order chi connectivity index (χ1) is 13.9. The highest BCUT2D eigenvalue weighted by molar-refractivity contribution is 14.1. The molecule has 0 radical (unpaired) electrons. The number of carboxylic acid groups (broad SMARTS) is 1. The molecule has 1 saturated heterocycles. The average molecular weight is 550 g/mol. The van der Waals surface area contributed by atoms with Crippen molar-refractivity contribution in [3.05, 3.63) is 27.7 Å². The molecule has 3 atom stereocenters. The van der Waals surface area contributed by atoms with Crippen molar-refractivity contribution in [2.24, 2.45) is 5.14 Å². The molecule has 0 bridgehead atoms. The molecule has 4 rings (SSSR count). The smallest absolute Gasteiger partial charge is 0.422 e. The van der Waals surface area contributed by atoms with Crippen LogP contribution in [0.15, 0.2) is 24.2 Å². The van der Waals surface area contributed by atoms with Crippen LogP contribution in [0.3, 0.4) is 0 Å². The van der Waals surface area contributed by atoms with E-state index in [0.29, 0.717) is 22.4 Å². The van der Waals surface area contributed by atoms with Gasteiger partial charge in [0.25, 0.3) is 0 Å². The third-order valence-electron chi connectivity index (χ3n) is 4.98. The van der Waals surface area contributed by atoms with Gasteiger partial charge in [0, 0.05) is 9.77 Å². The quantitative estimate of drug-likeness (QED) is 0.367. The average Bonchev–Trinajstić information content (AvgIpc) is 3.21. The number of amides is 1. The highest BCUT2D eigenvalue weighted by Gasteiger charge is 2.51. The van der Waals surface area contributed by atoms with Crippen molar-refractivity contribution >= 4 is 55.7 Å². The number of hydrogen-bond acceptors (Lipinski definition) is 8. The fourth-order valence-corrected chi connectivity index (χ4v) is 5.20. The molecule has 3 heterocycles. The Labute approximate surface area is 185 Å². The van der Waals surface area contributed by atoms with Gasteiger partial charge in [-0.3, -0.25) is 0 Å². The minimum Gasteiger partial charge on any atom is -0.464 e. The number of halogens is 1. The maximum atomic E-state index is 11.7. The number of anilines is 1. The third kappa shape index (κ3) is 3.51. The van der Waals surface area contributed by atoms with E-state index in [1.165, 1.54) is 6.33 Å². The zero-order valence-electron chi connectivity index (χ0n) is 15.9. The number of rotatable bonds is 4. The van der Waals surface area contributed by atoms with Crippen LogP contribution < -0.4 is 10.9 Å². The molecule has 1 fully saturated rings. The molecule has 1 aliphatic carbocycles. The number of nitrogens with two attached hydrogens (primary N) is 2. The lowest BCUT2D eigenvalue weighted by atomic mass is 10.1. The second-order valence-corrected chi connectivity index (χ2v) is 10.1. The summed E-state index contributed by atoms with van der Waals surface area (Å²) >= 11 is 2.13. The summed E-state index contributed by atoms with van der Waals surface area (Å²) in [5, 5.41) is 15.1. The predicted molar refractivity (Wildman–Crippen MR) is 113 cm³/mol. The Morgan fingerprint density at radius 1 is 1.40 bits per heavy atom. The fourth-order valence-electron chi connectivity index (χ4n) is 3.84. The SMILES string of the molecule is CC1(C)O[C@@H]2[C@H](O1)C(CN(C(=O)O)S(N)(=O)=O)=C[C@H]2n1cc(I)c2c(N)ncnc21. The van der Waals surface area contributed by atoms with Crippen molar-refractivity contribution in [1.82, 2.24) is 18.8 Å². The summed E-state index contributed by atoms with van der Waals surface area (Å²) in [7, 11) is -4.48. The minimum absolute atomic E-state index is 0.171. The van der Waals surface area contributed by atoms with E-state index >= 15 is 0 Å². The van der Waals surface area contributed by atoms with Gasteiger partial charge >= 0.3 is 16.3 Å². The first kappa shape index (κ1) is 21.2. The summed E-state index contributed by atoms with van der Waals surface area (Å²) in [6.07, 6.45) is 2.03. The molecule has 14 heteroatoms. The number of carbonyl (C=O) groups is 1. The van der Waals surface area contributed by atoms with E-state index in [-0.39, 0.29) is 4.31 Å². The van der Waals surface area contributed by atoms with Gasteiger partial charge in [-0.05, 0) is 42.0 Å². The van der Waals surface area contributed by atoms with Gasteiger partial charge in [-0.1, -0.05) is 6.08 Å². The number of ether oxygens (including phenoxy) is 2. The first-order valence-corrected chi connectivity index (χ1v) is 11.3. The van der Waals surface area contributed by atoms with Crippen LogP contribution in [0.2, 0.25) is 0 Å². The lowest BCUT2D eigenvalue weighted by Gasteiger charge is -2.22. The summed E-state index contributed by atoms with van der Waals surface area (Å²) in [5.41, 5.74) is 6.99. The Bertz CT molecular complexity index is 1180. The number of aromatic nitrogens is 3. The fraction of sp³-hybridized carbons (Fsp3) is 0.438. The van der Waals surface area contributed by atoms with Crippen LogP contribution in [-0.2, 0) is 19.7 Å². The van der Waals surface area contributed by atoms with E-state index in [1.54, 1.807) is 19.9 Å². The van der Waals surface area contributed by atoms with Gasteiger partial charge < -0.3 is 24.9 Å². The highest BCUT2D eigenvalue weighted by atomic mass is 127. The Kier molecular flexibility index (Phi) is 4.96. The maximum absolute atomic E-state index is 11.7. The Morgan fingerprint density at radius 2 is 2.10 bits per heavy atom. The van der Waals surface area contributed by atoms with Crippen LogP contribution >= 0.6 is 22.6 Å². The van der Waals surface area contributed by atoms with Crippen molar-refractivity contribution in [3.8, 4) is 0 Å². The Balaban J connectivity index is 1.81. The van der Waals surface area contributed by atoms with E-state index in [4.69, 9.17) is 20.3 Å². The molecule has 12 nitrogen and oxygen atoms in total. The zero-order valence-corrected chi connectivity index (χ0v) is 18.9. The van der Waals surface area contributed by atoms with Gasteiger partial charge in [0.2, 0.25) is 0 Å². The topological polar surface area (TPSA) is 176 Å². The van der Waals surface area contributed by atoms with E-state index in [2.05, 4.69) is 32.6 Å². The summed E-state index contributed by atoms with van der Waals surface area (Å²) in [6, 6.07) is -0.441. The van der Waals surface area contributed by atoms with Crippen molar-refractivity contribution in [1.29, 1.82) is 0 Å². The second kappa shape index (κ2) is 7.01. The summed E-state index contributed by atoms with van der Waals surface area (Å²) < 4.78 is 38.3. The van der Waals surface area contributed by atoms with Crippen LogP contribution in [0.1, 0.15) is 19.9 Å². The lowest BCUT2D eigenvalue weighted by Crippen LogP contribution is -2.43. The standard InChI is InChI=1S/C16H19IN6O6S/c1-16(2)28-11-7(4-23(15(24)25)30(19,26)27)3-9(12(11)29-16)22-5-8(17)10-13(18)20-6-21-14(10)22/h3,5-6,9,11-12H,4H2,1-2H3,(H,24,25)(H2,18,20,21)(H2,19,26,27)/t9-,11-,12+/m1/s1. The molecule has 0 aromatic carbocycles. The van der Waals surface area contributed by atoms with Gasteiger partial charge in [-0.2, -0.15) is 12.7 Å². The van der Waals surface area contributed by atoms with Gasteiger partial charge in [0.15, 0.2) is 5.79 Å². The molecule has 1 amide bonds. The molecule has 162 valence electrons. The predicted octanol–water partition coefficient (Wildman–Crippen LogP) is 0.803. The van der Waals surface area contributed by atoms with Gasteiger partial charge in [0.1, 0.15) is 30.0 Å². The zero-order chi connectivity index (χ0) is 22.0. The molecular formula is C16H19IN6O6S. The summed E-state index contributed by atoms with van der Waals surface area (Å²) in [4.78, 5) is 19.8. The molecule has 1 aliphatic heterocycles. The second-order valence-electron chi connectivity index (χ2n) is 7.43. The van der Waals surface area contributed by atoms with E-state index in [9.17, 15) is 18.3 Å². The van der Waals surface area contributed by atoms with Crippen molar-refractivity contribution in [3.63, 3.8) is 0 Å². The molecule has 5 N–H and O–H groups in total. The van der Waals surface area contributed by atoms with Crippen molar-refractivity contribution in [2.45, 2.75) is 37.9 Å². The Morgan fingerprint density at radius 3 is 2.73 bits per heavy atom. The van der Waals surface area contributed by atoms with E-state index < -0.39 is 46.9 Å². The van der Waals surface area contributed by atoms with Crippen LogP contribution in [0, 0.1) is 3.57 Å². The van der Waals surface area contributed by atoms with Gasteiger partial charge in [-0.15, -0.1) is 0 Å². The number of hydrogen-bond donors (Lipinski definition) is 3. The maximum Gasteiger partial charge on any atom is 0.422 e. The lowest BCUT2D eigenvalue weighted by molar-refractivity contribution is -0.147. The van der Waals surface area contributed by atoms with Crippen LogP contribution in [0.5, 0.6) is 0 Å². The van der Waals surface area contributed by atoms with E-state index in [1.807, 2.05) is 10.8 Å². The van der Waals surface area contributed by atoms with E-state index in [0.717, 1.165) is 3.57 Å². The highest BCUT2D eigenvalue weighted by Crippen LogP contribution is 2.45. The summed E-state index contributed by atoms with van der Waals surface area (Å²) in [5.74, 6) is -0.621.